The third-order valence-corrected chi connectivity index (χ3v) is 3.15. The standard InChI is InChI=1S/C14H24N4O2/c1-5-8-15-13(19)14(20)16-10-12(17(2)3)11-7-6-9-18(11)4/h6-7,9,12H,5,8,10H2,1-4H3,(H,15,19)(H,16,20). The van der Waals surface area contributed by atoms with Crippen molar-refractivity contribution in [1.82, 2.24) is 20.1 Å². The van der Waals surface area contributed by atoms with Gasteiger partial charge in [0.15, 0.2) is 0 Å². The Hall–Kier alpha value is -1.82. The van der Waals surface area contributed by atoms with Crippen LogP contribution < -0.4 is 10.6 Å². The largest absolute Gasteiger partial charge is 0.353 e. The molecule has 6 heteroatoms. The molecule has 1 aromatic rings. The van der Waals surface area contributed by atoms with Crippen molar-refractivity contribution in [3.05, 3.63) is 24.0 Å². The fourth-order valence-corrected chi connectivity index (χ4v) is 1.96. The summed E-state index contributed by atoms with van der Waals surface area (Å²) in [6, 6.07) is 3.99. The quantitative estimate of drug-likeness (QED) is 0.735. The third-order valence-electron chi connectivity index (χ3n) is 3.15. The van der Waals surface area contributed by atoms with Crippen LogP contribution in [0.25, 0.3) is 0 Å². The lowest BCUT2D eigenvalue weighted by molar-refractivity contribution is -0.139. The van der Waals surface area contributed by atoms with E-state index >= 15 is 0 Å². The van der Waals surface area contributed by atoms with Crippen molar-refractivity contribution in [2.45, 2.75) is 19.4 Å². The Morgan fingerprint density at radius 2 is 1.95 bits per heavy atom. The minimum absolute atomic E-state index is 0.0259. The van der Waals surface area contributed by atoms with Gasteiger partial charge >= 0.3 is 11.8 Å². The van der Waals surface area contributed by atoms with Crippen LogP contribution in [0.15, 0.2) is 18.3 Å². The predicted molar refractivity (Wildman–Crippen MR) is 78.2 cm³/mol. The number of amides is 2. The number of aromatic nitrogens is 1. The summed E-state index contributed by atoms with van der Waals surface area (Å²) in [4.78, 5) is 25.2. The first kappa shape index (κ1) is 16.2. The number of aryl methyl sites for hydroxylation is 1. The molecule has 0 saturated heterocycles. The Morgan fingerprint density at radius 3 is 2.45 bits per heavy atom. The van der Waals surface area contributed by atoms with Gasteiger partial charge in [-0.15, -0.1) is 0 Å². The van der Waals surface area contributed by atoms with E-state index in [9.17, 15) is 9.59 Å². The molecule has 0 aliphatic rings. The molecule has 2 amide bonds. The topological polar surface area (TPSA) is 66.4 Å². The van der Waals surface area contributed by atoms with Gasteiger partial charge in [-0.1, -0.05) is 6.92 Å². The molecule has 1 heterocycles. The van der Waals surface area contributed by atoms with Crippen LogP contribution in [0.5, 0.6) is 0 Å². The fraction of sp³-hybridized carbons (Fsp3) is 0.571. The van der Waals surface area contributed by atoms with Crippen molar-refractivity contribution in [1.29, 1.82) is 0 Å². The zero-order chi connectivity index (χ0) is 15.1. The van der Waals surface area contributed by atoms with Gasteiger partial charge in [0.05, 0.1) is 6.04 Å². The highest BCUT2D eigenvalue weighted by Gasteiger charge is 2.19. The van der Waals surface area contributed by atoms with Crippen molar-refractivity contribution in [2.75, 3.05) is 27.2 Å². The van der Waals surface area contributed by atoms with E-state index in [-0.39, 0.29) is 6.04 Å². The summed E-state index contributed by atoms with van der Waals surface area (Å²) in [5.74, 6) is -1.16. The SMILES string of the molecule is CCCNC(=O)C(=O)NCC(c1cccn1C)N(C)C. The molecular weight excluding hydrogens is 256 g/mol. The molecule has 20 heavy (non-hydrogen) atoms. The first-order valence-corrected chi connectivity index (χ1v) is 6.81. The molecule has 6 nitrogen and oxygen atoms in total. The van der Waals surface area contributed by atoms with E-state index in [0.717, 1.165) is 12.1 Å². The molecule has 0 aliphatic carbocycles. The monoisotopic (exact) mass is 280 g/mol. The van der Waals surface area contributed by atoms with Crippen LogP contribution in [-0.2, 0) is 16.6 Å². The van der Waals surface area contributed by atoms with Crippen molar-refractivity contribution in [2.24, 2.45) is 7.05 Å². The summed E-state index contributed by atoms with van der Waals surface area (Å²) >= 11 is 0. The van der Waals surface area contributed by atoms with Gasteiger partial charge in [0, 0.05) is 32.0 Å². The van der Waals surface area contributed by atoms with Crippen molar-refractivity contribution in [3.8, 4) is 0 Å². The zero-order valence-corrected chi connectivity index (χ0v) is 12.6. The van der Waals surface area contributed by atoms with Gasteiger partial charge in [-0.05, 0) is 32.6 Å². The first-order chi connectivity index (χ1) is 9.47. The van der Waals surface area contributed by atoms with E-state index in [4.69, 9.17) is 0 Å². The van der Waals surface area contributed by atoms with Crippen molar-refractivity contribution in [3.63, 3.8) is 0 Å². The summed E-state index contributed by atoms with van der Waals surface area (Å²) < 4.78 is 2.01. The van der Waals surface area contributed by atoms with Gasteiger partial charge in [-0.25, -0.2) is 0 Å². The van der Waals surface area contributed by atoms with Gasteiger partial charge in [-0.3, -0.25) is 14.5 Å². The van der Waals surface area contributed by atoms with Crippen LogP contribution >= 0.6 is 0 Å². The van der Waals surface area contributed by atoms with E-state index in [2.05, 4.69) is 10.6 Å². The second kappa shape index (κ2) is 7.69. The lowest BCUT2D eigenvalue weighted by Crippen LogP contribution is -2.43. The highest BCUT2D eigenvalue weighted by molar-refractivity contribution is 6.35. The van der Waals surface area contributed by atoms with Crippen LogP contribution in [0.1, 0.15) is 25.1 Å². The van der Waals surface area contributed by atoms with Gasteiger partial charge < -0.3 is 15.2 Å². The second-order valence-electron chi connectivity index (χ2n) is 4.99. The number of rotatable bonds is 6. The molecule has 1 aromatic heterocycles. The molecule has 0 saturated carbocycles. The van der Waals surface area contributed by atoms with Crippen molar-refractivity contribution < 1.29 is 9.59 Å². The van der Waals surface area contributed by atoms with Crippen LogP contribution in [0.2, 0.25) is 0 Å². The summed E-state index contributed by atoms with van der Waals surface area (Å²) in [6.07, 6.45) is 2.77. The van der Waals surface area contributed by atoms with E-state index in [0.29, 0.717) is 13.1 Å². The smallest absolute Gasteiger partial charge is 0.309 e. The second-order valence-corrected chi connectivity index (χ2v) is 4.99. The molecule has 1 rings (SSSR count). The van der Waals surface area contributed by atoms with E-state index in [1.165, 1.54) is 0 Å². The number of carbonyl (C=O) groups excluding carboxylic acids is 2. The van der Waals surface area contributed by atoms with Gasteiger partial charge in [0.2, 0.25) is 0 Å². The lowest BCUT2D eigenvalue weighted by atomic mass is 10.2. The van der Waals surface area contributed by atoms with Crippen LogP contribution in [-0.4, -0.2) is 48.5 Å². The first-order valence-electron chi connectivity index (χ1n) is 6.81. The van der Waals surface area contributed by atoms with Gasteiger partial charge in [0.1, 0.15) is 0 Å². The molecule has 2 N–H and O–H groups in total. The number of likely N-dealkylation sites (N-methyl/N-ethyl adjacent to an activating group) is 1. The minimum atomic E-state index is -0.584. The van der Waals surface area contributed by atoms with Crippen LogP contribution in [0.4, 0.5) is 0 Å². The predicted octanol–water partition coefficient (Wildman–Crippen LogP) is 0.270. The maximum Gasteiger partial charge on any atom is 0.309 e. The Bertz CT molecular complexity index is 454. The normalized spacial score (nSPS) is 12.2. The number of nitrogens with one attached hydrogen (secondary N) is 2. The van der Waals surface area contributed by atoms with Crippen LogP contribution in [0.3, 0.4) is 0 Å². The van der Waals surface area contributed by atoms with E-state index in [1.54, 1.807) is 0 Å². The van der Waals surface area contributed by atoms with Gasteiger partial charge in [-0.2, -0.15) is 0 Å². The maximum atomic E-state index is 11.7. The number of hydrogen-bond acceptors (Lipinski definition) is 3. The molecule has 0 bridgehead atoms. The summed E-state index contributed by atoms with van der Waals surface area (Å²) in [5.41, 5.74) is 1.09. The Balaban J connectivity index is 2.58. The lowest BCUT2D eigenvalue weighted by Gasteiger charge is -2.25. The molecule has 0 aliphatic heterocycles. The molecular formula is C14H24N4O2. The zero-order valence-electron chi connectivity index (χ0n) is 12.6. The van der Waals surface area contributed by atoms with E-state index < -0.39 is 11.8 Å². The Morgan fingerprint density at radius 1 is 1.30 bits per heavy atom. The Kier molecular flexibility index (Phi) is 6.24. The number of nitrogens with zero attached hydrogens (tertiary/aromatic N) is 2. The van der Waals surface area contributed by atoms with E-state index in [1.807, 2.05) is 55.9 Å². The summed E-state index contributed by atoms with van der Waals surface area (Å²) in [7, 11) is 5.85. The van der Waals surface area contributed by atoms with Gasteiger partial charge in [0.25, 0.3) is 0 Å². The Labute approximate surface area is 120 Å². The minimum Gasteiger partial charge on any atom is -0.353 e. The highest BCUT2D eigenvalue weighted by Crippen LogP contribution is 2.16. The molecule has 1 unspecified atom stereocenters. The maximum absolute atomic E-state index is 11.7. The summed E-state index contributed by atoms with van der Waals surface area (Å²) in [5, 5.41) is 5.24. The highest BCUT2D eigenvalue weighted by atomic mass is 16.2. The molecule has 0 fully saturated rings. The number of carbonyl (C=O) groups is 2. The molecule has 0 aromatic carbocycles. The number of hydrogen-bond donors (Lipinski definition) is 2. The third kappa shape index (κ3) is 4.38. The molecule has 112 valence electrons. The van der Waals surface area contributed by atoms with Crippen molar-refractivity contribution >= 4 is 11.8 Å². The average Bonchev–Trinajstić information content (AvgIpc) is 2.82. The fourth-order valence-electron chi connectivity index (χ4n) is 1.96. The average molecular weight is 280 g/mol. The molecule has 0 spiro atoms. The summed E-state index contributed by atoms with van der Waals surface area (Å²) in [6.45, 7) is 2.85. The molecule has 0 radical (unpaired) electrons. The molecule has 1 atom stereocenters. The van der Waals surface area contributed by atoms with Crippen LogP contribution in [0, 0.1) is 0 Å².